The number of carboxylic acid groups (broad SMARTS) is 1. The largest absolute Gasteiger partial charge is 0.480 e. The van der Waals surface area contributed by atoms with Crippen LogP contribution >= 0.6 is 0 Å². The quantitative estimate of drug-likeness (QED) is 0.812. The molecule has 0 amide bonds. The van der Waals surface area contributed by atoms with Crippen LogP contribution in [0.4, 0.5) is 0 Å². The maximum atomic E-state index is 10.7. The van der Waals surface area contributed by atoms with Crippen LogP contribution in [-0.2, 0) is 4.79 Å². The number of aliphatic carboxylic acids is 1. The minimum Gasteiger partial charge on any atom is -0.480 e. The molecule has 1 aromatic rings. The maximum absolute atomic E-state index is 10.7. The molecule has 4 nitrogen and oxygen atoms in total. The lowest BCUT2D eigenvalue weighted by Crippen LogP contribution is -2.40. The predicted octanol–water partition coefficient (Wildman–Crippen LogP) is 2.47. The van der Waals surface area contributed by atoms with Gasteiger partial charge in [-0.2, -0.15) is 0 Å². The Balaban J connectivity index is 1.32. The number of carbonyl (C=O) groups is 1. The van der Waals surface area contributed by atoms with Crippen molar-refractivity contribution in [1.82, 2.24) is 10.2 Å². The van der Waals surface area contributed by atoms with E-state index in [1.54, 1.807) is 0 Å². The molecule has 1 saturated heterocycles. The van der Waals surface area contributed by atoms with Gasteiger partial charge in [-0.3, -0.25) is 9.69 Å². The number of nitrogens with one attached hydrogen (secondary N) is 1. The lowest BCUT2D eigenvalue weighted by Gasteiger charge is -2.30. The Morgan fingerprint density at radius 3 is 2.70 bits per heavy atom. The molecule has 1 aliphatic heterocycles. The van der Waals surface area contributed by atoms with E-state index in [2.05, 4.69) is 41.7 Å². The molecule has 3 rings (SSSR count). The smallest absolute Gasteiger partial charge is 0.317 e. The van der Waals surface area contributed by atoms with Gasteiger partial charge in [0.1, 0.15) is 0 Å². The van der Waals surface area contributed by atoms with Gasteiger partial charge in [-0.1, -0.05) is 42.5 Å². The molecule has 0 aromatic heterocycles. The first-order valence-electron chi connectivity index (χ1n) is 8.61. The zero-order valence-electron chi connectivity index (χ0n) is 13.5. The number of hydrogen-bond acceptors (Lipinski definition) is 3. The Kier molecular flexibility index (Phi) is 5.47. The third-order valence-corrected chi connectivity index (χ3v) is 4.91. The second-order valence-corrected chi connectivity index (χ2v) is 6.80. The normalized spacial score (nSPS) is 25.7. The summed E-state index contributed by atoms with van der Waals surface area (Å²) in [5.74, 6) is 0.648. The van der Waals surface area contributed by atoms with Crippen molar-refractivity contribution in [1.29, 1.82) is 0 Å². The summed E-state index contributed by atoms with van der Waals surface area (Å²) >= 11 is 0. The standard InChI is InChI=1S/C19H26N2O2/c22-19(23)14-21-10-8-16(9-11-21)13-20-18-12-17(18)7-6-15-4-2-1-3-5-15/h1-7,16-18,20H,8-14H2,(H,22,23)/b7-6+. The second-order valence-electron chi connectivity index (χ2n) is 6.80. The Morgan fingerprint density at radius 2 is 2.00 bits per heavy atom. The molecular weight excluding hydrogens is 288 g/mol. The molecule has 4 heteroatoms. The molecule has 0 radical (unpaired) electrons. The average Bonchev–Trinajstić information content (AvgIpc) is 3.31. The number of likely N-dealkylation sites (tertiary alicyclic amines) is 1. The predicted molar refractivity (Wildman–Crippen MR) is 92.2 cm³/mol. The van der Waals surface area contributed by atoms with E-state index in [9.17, 15) is 4.79 Å². The van der Waals surface area contributed by atoms with Crippen LogP contribution in [-0.4, -0.2) is 48.2 Å². The molecule has 2 unspecified atom stereocenters. The van der Waals surface area contributed by atoms with Crippen molar-refractivity contribution in [3.05, 3.63) is 42.0 Å². The molecule has 1 heterocycles. The summed E-state index contributed by atoms with van der Waals surface area (Å²) in [6.07, 6.45) is 8.00. The second kappa shape index (κ2) is 7.75. The monoisotopic (exact) mass is 314 g/mol. The van der Waals surface area contributed by atoms with Crippen molar-refractivity contribution in [3.8, 4) is 0 Å². The van der Waals surface area contributed by atoms with Crippen LogP contribution < -0.4 is 5.32 Å². The highest BCUT2D eigenvalue weighted by Crippen LogP contribution is 2.32. The van der Waals surface area contributed by atoms with Gasteiger partial charge in [0.2, 0.25) is 0 Å². The van der Waals surface area contributed by atoms with Gasteiger partial charge < -0.3 is 10.4 Å². The molecule has 2 atom stereocenters. The number of nitrogens with zero attached hydrogens (tertiary/aromatic N) is 1. The zero-order valence-corrected chi connectivity index (χ0v) is 13.5. The van der Waals surface area contributed by atoms with Crippen LogP contribution in [0.15, 0.2) is 36.4 Å². The van der Waals surface area contributed by atoms with Crippen LogP contribution in [0.3, 0.4) is 0 Å². The Morgan fingerprint density at radius 1 is 1.26 bits per heavy atom. The Bertz CT molecular complexity index is 536. The summed E-state index contributed by atoms with van der Waals surface area (Å²) in [5.41, 5.74) is 1.27. The van der Waals surface area contributed by atoms with Crippen LogP contribution in [0.2, 0.25) is 0 Å². The molecule has 2 fully saturated rings. The van der Waals surface area contributed by atoms with E-state index < -0.39 is 5.97 Å². The van der Waals surface area contributed by atoms with Crippen LogP contribution in [0.5, 0.6) is 0 Å². The molecule has 0 bridgehead atoms. The van der Waals surface area contributed by atoms with E-state index in [0.717, 1.165) is 32.5 Å². The van der Waals surface area contributed by atoms with Gasteiger partial charge >= 0.3 is 5.97 Å². The fourth-order valence-electron chi connectivity index (χ4n) is 3.32. The summed E-state index contributed by atoms with van der Waals surface area (Å²) in [5, 5.41) is 12.5. The van der Waals surface area contributed by atoms with Gasteiger partial charge in [0.25, 0.3) is 0 Å². The van der Waals surface area contributed by atoms with E-state index in [1.807, 2.05) is 11.0 Å². The molecular formula is C19H26N2O2. The highest BCUT2D eigenvalue weighted by Gasteiger charge is 2.34. The number of benzene rings is 1. The molecule has 1 aliphatic carbocycles. The lowest BCUT2D eigenvalue weighted by molar-refractivity contribution is -0.138. The van der Waals surface area contributed by atoms with E-state index in [-0.39, 0.29) is 6.54 Å². The fourth-order valence-corrected chi connectivity index (χ4v) is 3.32. The van der Waals surface area contributed by atoms with E-state index in [4.69, 9.17) is 5.11 Å². The van der Waals surface area contributed by atoms with E-state index in [0.29, 0.717) is 17.9 Å². The topological polar surface area (TPSA) is 52.6 Å². The third-order valence-electron chi connectivity index (χ3n) is 4.91. The van der Waals surface area contributed by atoms with Gasteiger partial charge in [-0.05, 0) is 56.3 Å². The molecule has 1 aromatic carbocycles. The van der Waals surface area contributed by atoms with Gasteiger partial charge in [0, 0.05) is 6.04 Å². The first kappa shape index (κ1) is 16.2. The van der Waals surface area contributed by atoms with Crippen molar-refractivity contribution in [2.75, 3.05) is 26.2 Å². The Labute approximate surface area is 138 Å². The molecule has 124 valence electrons. The fraction of sp³-hybridized carbons (Fsp3) is 0.526. The summed E-state index contributed by atoms with van der Waals surface area (Å²) in [6, 6.07) is 11.1. The summed E-state index contributed by atoms with van der Waals surface area (Å²) in [7, 11) is 0. The molecule has 2 aliphatic rings. The lowest BCUT2D eigenvalue weighted by atomic mass is 9.97. The van der Waals surface area contributed by atoms with Gasteiger partial charge in [-0.25, -0.2) is 0 Å². The number of hydrogen-bond donors (Lipinski definition) is 2. The van der Waals surface area contributed by atoms with Crippen molar-refractivity contribution >= 4 is 12.0 Å². The average molecular weight is 314 g/mol. The Hall–Kier alpha value is -1.65. The van der Waals surface area contributed by atoms with Crippen molar-refractivity contribution in [3.63, 3.8) is 0 Å². The SMILES string of the molecule is O=C(O)CN1CCC(CNC2CC2/C=C/c2ccccc2)CC1. The van der Waals surface area contributed by atoms with Gasteiger partial charge in [0.15, 0.2) is 0 Å². The molecule has 23 heavy (non-hydrogen) atoms. The number of rotatable bonds is 7. The highest BCUT2D eigenvalue weighted by molar-refractivity contribution is 5.69. The van der Waals surface area contributed by atoms with Crippen LogP contribution in [0, 0.1) is 11.8 Å². The van der Waals surface area contributed by atoms with Crippen molar-refractivity contribution < 1.29 is 9.90 Å². The highest BCUT2D eigenvalue weighted by atomic mass is 16.4. The molecule has 2 N–H and O–H groups in total. The van der Waals surface area contributed by atoms with Crippen LogP contribution in [0.1, 0.15) is 24.8 Å². The summed E-state index contributed by atoms with van der Waals surface area (Å²) in [4.78, 5) is 12.8. The summed E-state index contributed by atoms with van der Waals surface area (Å²) in [6.45, 7) is 3.09. The van der Waals surface area contributed by atoms with E-state index >= 15 is 0 Å². The zero-order chi connectivity index (χ0) is 16.1. The number of piperidine rings is 1. The molecule has 0 spiro atoms. The first-order chi connectivity index (χ1) is 11.2. The maximum Gasteiger partial charge on any atom is 0.317 e. The van der Waals surface area contributed by atoms with Crippen molar-refractivity contribution in [2.45, 2.75) is 25.3 Å². The molecule has 1 saturated carbocycles. The van der Waals surface area contributed by atoms with Gasteiger partial charge in [0.05, 0.1) is 6.54 Å². The third kappa shape index (κ3) is 5.19. The summed E-state index contributed by atoms with van der Waals surface area (Å²) < 4.78 is 0. The first-order valence-corrected chi connectivity index (χ1v) is 8.61. The number of carboxylic acids is 1. The van der Waals surface area contributed by atoms with Crippen molar-refractivity contribution in [2.24, 2.45) is 11.8 Å². The minimum atomic E-state index is -0.715. The van der Waals surface area contributed by atoms with Crippen LogP contribution in [0.25, 0.3) is 6.08 Å². The van der Waals surface area contributed by atoms with Gasteiger partial charge in [-0.15, -0.1) is 0 Å². The minimum absolute atomic E-state index is 0.190. The van der Waals surface area contributed by atoms with E-state index in [1.165, 1.54) is 12.0 Å².